The molecule has 19 heavy (non-hydrogen) atoms. The first kappa shape index (κ1) is 12.6. The summed E-state index contributed by atoms with van der Waals surface area (Å²) in [5, 5.41) is 20.3. The van der Waals surface area contributed by atoms with Crippen LogP contribution in [0.4, 0.5) is 17.1 Å². The van der Waals surface area contributed by atoms with Gasteiger partial charge in [0.25, 0.3) is 5.69 Å². The van der Waals surface area contributed by atoms with Crippen LogP contribution in [0.25, 0.3) is 0 Å². The second kappa shape index (κ2) is 5.18. The van der Waals surface area contributed by atoms with Crippen molar-refractivity contribution in [2.45, 2.75) is 0 Å². The van der Waals surface area contributed by atoms with Crippen molar-refractivity contribution in [2.24, 2.45) is 4.99 Å². The normalized spacial score (nSPS) is 10.7. The van der Waals surface area contributed by atoms with Gasteiger partial charge in [0.15, 0.2) is 0 Å². The average molecular weight is 257 g/mol. The van der Waals surface area contributed by atoms with E-state index in [9.17, 15) is 15.2 Å². The van der Waals surface area contributed by atoms with Gasteiger partial charge in [0.2, 0.25) is 0 Å². The molecule has 0 heterocycles. The summed E-state index contributed by atoms with van der Waals surface area (Å²) in [7, 11) is 0. The smallest absolute Gasteiger partial charge is 0.270 e. The van der Waals surface area contributed by atoms with Crippen molar-refractivity contribution in [3.8, 4) is 5.75 Å². The fourth-order valence-electron chi connectivity index (χ4n) is 1.50. The van der Waals surface area contributed by atoms with Gasteiger partial charge in [0.05, 0.1) is 16.3 Å². The molecule has 6 heteroatoms. The fourth-order valence-corrected chi connectivity index (χ4v) is 1.50. The van der Waals surface area contributed by atoms with Gasteiger partial charge in [-0.2, -0.15) is 0 Å². The molecular formula is C13H11N3O3. The average Bonchev–Trinajstić information content (AvgIpc) is 2.39. The van der Waals surface area contributed by atoms with E-state index in [4.69, 9.17) is 5.73 Å². The van der Waals surface area contributed by atoms with Crippen LogP contribution in [0.3, 0.4) is 0 Å². The number of nitro groups is 1. The number of benzene rings is 2. The summed E-state index contributed by atoms with van der Waals surface area (Å²) in [6.07, 6.45) is 1.34. The number of non-ortho nitro benzene ring substituents is 1. The van der Waals surface area contributed by atoms with Crippen LogP contribution in [0, 0.1) is 10.1 Å². The van der Waals surface area contributed by atoms with E-state index in [0.29, 0.717) is 11.4 Å². The number of nitrogen functional groups attached to an aromatic ring is 1. The Bertz CT molecular complexity index is 653. The van der Waals surface area contributed by atoms with E-state index in [1.54, 1.807) is 24.3 Å². The fraction of sp³-hybridized carbons (Fsp3) is 0. The molecule has 0 bridgehead atoms. The predicted molar refractivity (Wildman–Crippen MR) is 72.9 cm³/mol. The summed E-state index contributed by atoms with van der Waals surface area (Å²) in [4.78, 5) is 14.2. The highest BCUT2D eigenvalue weighted by molar-refractivity contribution is 5.87. The van der Waals surface area contributed by atoms with Crippen molar-refractivity contribution < 1.29 is 10.0 Å². The second-order valence-corrected chi connectivity index (χ2v) is 3.82. The first-order valence-electron chi connectivity index (χ1n) is 5.44. The molecule has 0 atom stereocenters. The Morgan fingerprint density at radius 2 is 2.00 bits per heavy atom. The van der Waals surface area contributed by atoms with Crippen LogP contribution in [0.2, 0.25) is 0 Å². The number of nitrogens with two attached hydrogens (primary N) is 1. The molecule has 6 nitrogen and oxygen atoms in total. The van der Waals surface area contributed by atoms with Crippen LogP contribution in [0.5, 0.6) is 5.75 Å². The van der Waals surface area contributed by atoms with Gasteiger partial charge in [-0.3, -0.25) is 15.1 Å². The van der Waals surface area contributed by atoms with E-state index in [1.165, 1.54) is 24.4 Å². The van der Waals surface area contributed by atoms with Crippen molar-refractivity contribution >= 4 is 23.3 Å². The molecule has 0 radical (unpaired) electrons. The lowest BCUT2D eigenvalue weighted by molar-refractivity contribution is -0.384. The van der Waals surface area contributed by atoms with Crippen molar-refractivity contribution in [1.29, 1.82) is 0 Å². The molecule has 0 aliphatic carbocycles. The lowest BCUT2D eigenvalue weighted by atomic mass is 10.2. The third-order valence-electron chi connectivity index (χ3n) is 2.50. The summed E-state index contributed by atoms with van der Waals surface area (Å²) < 4.78 is 0. The minimum absolute atomic E-state index is 0.0798. The zero-order valence-corrected chi connectivity index (χ0v) is 9.85. The third kappa shape index (κ3) is 2.86. The van der Waals surface area contributed by atoms with Crippen LogP contribution in [0.1, 0.15) is 5.56 Å². The number of nitro benzene ring substituents is 1. The standard InChI is InChI=1S/C13H11N3O3/c14-11-3-1-2-4-12(11)15-8-9-7-10(16(18)19)5-6-13(9)17/h1-8,17H,14H2. The summed E-state index contributed by atoms with van der Waals surface area (Å²) in [6, 6.07) is 10.7. The van der Waals surface area contributed by atoms with Gasteiger partial charge in [-0.15, -0.1) is 0 Å². The van der Waals surface area contributed by atoms with Gasteiger partial charge in [0, 0.05) is 23.9 Å². The van der Waals surface area contributed by atoms with Gasteiger partial charge < -0.3 is 10.8 Å². The summed E-state index contributed by atoms with van der Waals surface area (Å²) in [6.45, 7) is 0. The van der Waals surface area contributed by atoms with Crippen molar-refractivity contribution in [2.75, 3.05) is 5.73 Å². The lowest BCUT2D eigenvalue weighted by Crippen LogP contribution is -1.91. The Morgan fingerprint density at radius 3 is 2.68 bits per heavy atom. The molecule has 0 saturated carbocycles. The van der Waals surface area contributed by atoms with E-state index in [1.807, 2.05) is 0 Å². The molecule has 96 valence electrons. The van der Waals surface area contributed by atoms with Crippen molar-refractivity contribution in [3.63, 3.8) is 0 Å². The van der Waals surface area contributed by atoms with Gasteiger partial charge >= 0.3 is 0 Å². The number of aliphatic imine (C=N–C) groups is 1. The summed E-state index contributed by atoms with van der Waals surface area (Å²) in [5.74, 6) is -0.0798. The molecule has 0 unspecified atom stereocenters. The monoisotopic (exact) mass is 257 g/mol. The summed E-state index contributed by atoms with van der Waals surface area (Å²) in [5.41, 5.74) is 6.89. The number of nitrogens with zero attached hydrogens (tertiary/aromatic N) is 2. The molecule has 0 aliphatic heterocycles. The van der Waals surface area contributed by atoms with Gasteiger partial charge in [-0.25, -0.2) is 0 Å². The highest BCUT2D eigenvalue weighted by Gasteiger charge is 2.08. The second-order valence-electron chi connectivity index (χ2n) is 3.82. The maximum absolute atomic E-state index is 10.7. The minimum Gasteiger partial charge on any atom is -0.507 e. The van der Waals surface area contributed by atoms with E-state index < -0.39 is 4.92 Å². The SMILES string of the molecule is Nc1ccccc1N=Cc1cc([N+](=O)[O-])ccc1O. The predicted octanol–water partition coefficient (Wildman–Crippen LogP) is 2.63. The minimum atomic E-state index is -0.534. The van der Waals surface area contributed by atoms with Gasteiger partial charge in [-0.1, -0.05) is 12.1 Å². The lowest BCUT2D eigenvalue weighted by Gasteiger charge is -2.00. The highest BCUT2D eigenvalue weighted by Crippen LogP contribution is 2.24. The number of phenolic OH excluding ortho intramolecular Hbond substituents is 1. The van der Waals surface area contributed by atoms with Crippen molar-refractivity contribution in [1.82, 2.24) is 0 Å². The number of phenols is 1. The Morgan fingerprint density at radius 1 is 1.26 bits per heavy atom. The largest absolute Gasteiger partial charge is 0.507 e. The number of anilines is 1. The molecule has 0 amide bonds. The molecule has 2 aromatic carbocycles. The zero-order valence-electron chi connectivity index (χ0n) is 9.85. The quantitative estimate of drug-likeness (QED) is 0.382. The first-order chi connectivity index (χ1) is 9.08. The van der Waals surface area contributed by atoms with Crippen molar-refractivity contribution in [3.05, 3.63) is 58.1 Å². The molecule has 3 N–H and O–H groups in total. The number of aromatic hydroxyl groups is 1. The molecule has 2 aromatic rings. The maximum atomic E-state index is 10.7. The van der Waals surface area contributed by atoms with E-state index >= 15 is 0 Å². The number of hydrogen-bond donors (Lipinski definition) is 2. The third-order valence-corrected chi connectivity index (χ3v) is 2.50. The van der Waals surface area contributed by atoms with E-state index in [0.717, 1.165) is 0 Å². The maximum Gasteiger partial charge on any atom is 0.270 e. The molecule has 0 fully saturated rings. The molecule has 0 spiro atoms. The van der Waals surface area contributed by atoms with Crippen LogP contribution >= 0.6 is 0 Å². The molecule has 0 aliphatic rings. The molecule has 2 rings (SSSR count). The Labute approximate surface area is 109 Å². The molecular weight excluding hydrogens is 246 g/mol. The topological polar surface area (TPSA) is 102 Å². The Hall–Kier alpha value is -2.89. The van der Waals surface area contributed by atoms with Gasteiger partial charge in [-0.05, 0) is 18.2 Å². The van der Waals surface area contributed by atoms with Crippen LogP contribution in [0.15, 0.2) is 47.5 Å². The van der Waals surface area contributed by atoms with Gasteiger partial charge in [0.1, 0.15) is 5.75 Å². The first-order valence-corrected chi connectivity index (χ1v) is 5.44. The molecule has 0 aromatic heterocycles. The van der Waals surface area contributed by atoms with Crippen LogP contribution in [-0.2, 0) is 0 Å². The van der Waals surface area contributed by atoms with E-state index in [-0.39, 0.29) is 17.0 Å². The van der Waals surface area contributed by atoms with Crippen LogP contribution < -0.4 is 5.73 Å². The Balaban J connectivity index is 2.35. The molecule has 0 saturated heterocycles. The number of rotatable bonds is 3. The summed E-state index contributed by atoms with van der Waals surface area (Å²) >= 11 is 0. The van der Waals surface area contributed by atoms with E-state index in [2.05, 4.69) is 4.99 Å². The highest BCUT2D eigenvalue weighted by atomic mass is 16.6. The number of para-hydroxylation sites is 2. The number of hydrogen-bond acceptors (Lipinski definition) is 5. The Kier molecular flexibility index (Phi) is 3.42. The zero-order chi connectivity index (χ0) is 13.8. The van der Waals surface area contributed by atoms with Crippen LogP contribution in [-0.4, -0.2) is 16.2 Å².